The van der Waals surface area contributed by atoms with Crippen molar-refractivity contribution in [2.75, 3.05) is 19.8 Å². The molecule has 6 heteroatoms. The van der Waals surface area contributed by atoms with Gasteiger partial charge in [0.15, 0.2) is 11.5 Å². The lowest BCUT2D eigenvalue weighted by Gasteiger charge is -2.18. The molecule has 0 fully saturated rings. The Bertz CT molecular complexity index is 887. The Morgan fingerprint density at radius 1 is 1.12 bits per heavy atom. The van der Waals surface area contributed by atoms with Gasteiger partial charge in [-0.1, -0.05) is 12.1 Å². The second-order valence-electron chi connectivity index (χ2n) is 6.28. The van der Waals surface area contributed by atoms with Crippen LogP contribution in [0, 0.1) is 0 Å². The van der Waals surface area contributed by atoms with Gasteiger partial charge in [-0.25, -0.2) is 4.98 Å². The maximum Gasteiger partial charge on any atom is 0.220 e. The minimum atomic E-state index is 0.0450. The van der Waals surface area contributed by atoms with Gasteiger partial charge in [-0.2, -0.15) is 0 Å². The third-order valence-corrected chi connectivity index (χ3v) is 4.36. The van der Waals surface area contributed by atoms with Crippen LogP contribution in [-0.4, -0.2) is 35.1 Å². The first-order valence-electron chi connectivity index (χ1n) is 8.86. The smallest absolute Gasteiger partial charge is 0.220 e. The lowest BCUT2D eigenvalue weighted by Crippen LogP contribution is -2.26. The van der Waals surface area contributed by atoms with Gasteiger partial charge in [0, 0.05) is 31.8 Å². The molecule has 6 nitrogen and oxygen atoms in total. The number of hydrogen-bond donors (Lipinski definition) is 1. The number of fused-ring (bicyclic) bond motifs is 2. The van der Waals surface area contributed by atoms with E-state index in [1.54, 1.807) is 0 Å². The van der Waals surface area contributed by atoms with Crippen molar-refractivity contribution in [1.29, 1.82) is 0 Å². The molecule has 3 heterocycles. The van der Waals surface area contributed by atoms with Crippen molar-refractivity contribution in [3.05, 3.63) is 60.0 Å². The SMILES string of the molecule is O=C(CCc1ccc2c(c1)OCCO2)NCCc1cn2ccccc2n1. The lowest BCUT2D eigenvalue weighted by molar-refractivity contribution is -0.121. The van der Waals surface area contributed by atoms with Crippen LogP contribution >= 0.6 is 0 Å². The van der Waals surface area contributed by atoms with Gasteiger partial charge in [0.1, 0.15) is 18.9 Å². The molecular formula is C20H21N3O3. The topological polar surface area (TPSA) is 64.9 Å². The van der Waals surface area contributed by atoms with Crippen LogP contribution in [0.15, 0.2) is 48.8 Å². The highest BCUT2D eigenvalue weighted by molar-refractivity contribution is 5.76. The minimum Gasteiger partial charge on any atom is -0.486 e. The summed E-state index contributed by atoms with van der Waals surface area (Å²) in [4.78, 5) is 16.6. The monoisotopic (exact) mass is 351 g/mol. The molecule has 1 aliphatic heterocycles. The zero-order valence-electron chi connectivity index (χ0n) is 14.5. The first-order valence-corrected chi connectivity index (χ1v) is 8.86. The predicted molar refractivity (Wildman–Crippen MR) is 97.7 cm³/mol. The van der Waals surface area contributed by atoms with Crippen LogP contribution in [0.5, 0.6) is 11.5 Å². The number of amides is 1. The zero-order valence-corrected chi connectivity index (χ0v) is 14.5. The van der Waals surface area contributed by atoms with Gasteiger partial charge in [-0.05, 0) is 36.2 Å². The van der Waals surface area contributed by atoms with E-state index in [4.69, 9.17) is 9.47 Å². The number of nitrogens with one attached hydrogen (secondary N) is 1. The van der Waals surface area contributed by atoms with Crippen LogP contribution in [0.25, 0.3) is 5.65 Å². The molecule has 0 unspecified atom stereocenters. The Labute approximate surface area is 151 Å². The average molecular weight is 351 g/mol. The van der Waals surface area contributed by atoms with Crippen molar-refractivity contribution in [2.45, 2.75) is 19.3 Å². The summed E-state index contributed by atoms with van der Waals surface area (Å²) in [6.07, 6.45) is 5.81. The fourth-order valence-corrected chi connectivity index (χ4v) is 3.03. The van der Waals surface area contributed by atoms with E-state index in [1.165, 1.54) is 0 Å². The lowest BCUT2D eigenvalue weighted by atomic mass is 10.1. The first kappa shape index (κ1) is 16.4. The summed E-state index contributed by atoms with van der Waals surface area (Å²) in [5, 5.41) is 2.96. The standard InChI is InChI=1S/C20H21N3O3/c24-20(7-5-15-4-6-17-18(13-15)26-12-11-25-17)21-9-8-16-14-23-10-2-1-3-19(23)22-16/h1-4,6,10,13-14H,5,7-9,11-12H2,(H,21,24). The Morgan fingerprint density at radius 2 is 2.00 bits per heavy atom. The summed E-state index contributed by atoms with van der Waals surface area (Å²) < 4.78 is 13.1. The molecule has 0 saturated carbocycles. The van der Waals surface area contributed by atoms with Gasteiger partial charge < -0.3 is 19.2 Å². The molecule has 1 aliphatic rings. The van der Waals surface area contributed by atoms with E-state index in [0.29, 0.717) is 32.6 Å². The number of ether oxygens (including phenoxy) is 2. The summed E-state index contributed by atoms with van der Waals surface area (Å²) in [7, 11) is 0. The molecule has 1 aromatic carbocycles. The molecule has 0 saturated heterocycles. The Morgan fingerprint density at radius 3 is 2.88 bits per heavy atom. The number of rotatable bonds is 6. The van der Waals surface area contributed by atoms with E-state index < -0.39 is 0 Å². The molecule has 0 radical (unpaired) electrons. The molecule has 26 heavy (non-hydrogen) atoms. The molecular weight excluding hydrogens is 330 g/mol. The number of benzene rings is 1. The number of nitrogens with zero attached hydrogens (tertiary/aromatic N) is 2. The third-order valence-electron chi connectivity index (χ3n) is 4.36. The van der Waals surface area contributed by atoms with E-state index >= 15 is 0 Å². The molecule has 2 aromatic heterocycles. The Balaban J connectivity index is 1.24. The van der Waals surface area contributed by atoms with E-state index in [9.17, 15) is 4.79 Å². The normalized spacial score (nSPS) is 12.9. The fraction of sp³-hybridized carbons (Fsp3) is 0.300. The highest BCUT2D eigenvalue weighted by Crippen LogP contribution is 2.31. The molecule has 0 bridgehead atoms. The van der Waals surface area contributed by atoms with Crippen molar-refractivity contribution >= 4 is 11.6 Å². The zero-order chi connectivity index (χ0) is 17.8. The van der Waals surface area contributed by atoms with Gasteiger partial charge in [0.25, 0.3) is 0 Å². The number of hydrogen-bond acceptors (Lipinski definition) is 4. The number of imidazole rings is 1. The fourth-order valence-electron chi connectivity index (χ4n) is 3.03. The van der Waals surface area contributed by atoms with Gasteiger partial charge in [-0.3, -0.25) is 4.79 Å². The summed E-state index contributed by atoms with van der Waals surface area (Å²) in [5.41, 5.74) is 2.97. The van der Waals surface area contributed by atoms with Gasteiger partial charge in [0.2, 0.25) is 5.91 Å². The second kappa shape index (κ2) is 7.47. The number of aromatic nitrogens is 2. The molecule has 134 valence electrons. The largest absolute Gasteiger partial charge is 0.486 e. The Hall–Kier alpha value is -3.02. The summed E-state index contributed by atoms with van der Waals surface area (Å²) in [5.74, 6) is 1.58. The molecule has 4 rings (SSSR count). The van der Waals surface area contributed by atoms with Crippen LogP contribution in [-0.2, 0) is 17.6 Å². The first-order chi connectivity index (χ1) is 12.8. The Kier molecular flexibility index (Phi) is 4.73. The highest BCUT2D eigenvalue weighted by atomic mass is 16.6. The van der Waals surface area contributed by atoms with Crippen LogP contribution in [0.4, 0.5) is 0 Å². The molecule has 3 aromatic rings. The van der Waals surface area contributed by atoms with Crippen molar-refractivity contribution in [3.8, 4) is 11.5 Å². The summed E-state index contributed by atoms with van der Waals surface area (Å²) in [6.45, 7) is 1.74. The van der Waals surface area contributed by atoms with E-state index in [1.807, 2.05) is 53.2 Å². The second-order valence-corrected chi connectivity index (χ2v) is 6.28. The van der Waals surface area contributed by atoms with Crippen LogP contribution < -0.4 is 14.8 Å². The van der Waals surface area contributed by atoms with Crippen molar-refractivity contribution in [3.63, 3.8) is 0 Å². The maximum absolute atomic E-state index is 12.1. The average Bonchev–Trinajstić information content (AvgIpc) is 3.09. The van der Waals surface area contributed by atoms with Crippen molar-refractivity contribution in [2.24, 2.45) is 0 Å². The van der Waals surface area contributed by atoms with E-state index in [0.717, 1.165) is 34.8 Å². The highest BCUT2D eigenvalue weighted by Gasteiger charge is 2.12. The van der Waals surface area contributed by atoms with Gasteiger partial charge in [0.05, 0.1) is 5.69 Å². The third kappa shape index (κ3) is 3.79. The number of carbonyl (C=O) groups is 1. The van der Waals surface area contributed by atoms with Crippen LogP contribution in [0.3, 0.4) is 0 Å². The quantitative estimate of drug-likeness (QED) is 0.741. The number of aryl methyl sites for hydroxylation is 1. The molecule has 0 atom stereocenters. The number of pyridine rings is 1. The van der Waals surface area contributed by atoms with Gasteiger partial charge in [-0.15, -0.1) is 0 Å². The maximum atomic E-state index is 12.1. The van der Waals surface area contributed by atoms with E-state index in [2.05, 4.69) is 10.3 Å². The van der Waals surface area contributed by atoms with Crippen molar-refractivity contribution < 1.29 is 14.3 Å². The molecule has 1 N–H and O–H groups in total. The van der Waals surface area contributed by atoms with Gasteiger partial charge >= 0.3 is 0 Å². The minimum absolute atomic E-state index is 0.0450. The predicted octanol–water partition coefficient (Wildman–Crippen LogP) is 2.40. The van der Waals surface area contributed by atoms with Crippen LogP contribution in [0.2, 0.25) is 0 Å². The molecule has 0 aliphatic carbocycles. The van der Waals surface area contributed by atoms with Crippen LogP contribution in [0.1, 0.15) is 17.7 Å². The molecule has 1 amide bonds. The summed E-state index contributed by atoms with van der Waals surface area (Å²) >= 11 is 0. The van der Waals surface area contributed by atoms with E-state index in [-0.39, 0.29) is 5.91 Å². The number of carbonyl (C=O) groups excluding carboxylic acids is 1. The van der Waals surface area contributed by atoms with Crippen molar-refractivity contribution in [1.82, 2.24) is 14.7 Å². The summed E-state index contributed by atoms with van der Waals surface area (Å²) in [6, 6.07) is 11.8. The molecule has 0 spiro atoms.